The zero-order chi connectivity index (χ0) is 21.6. The van der Waals surface area contributed by atoms with Crippen LogP contribution < -0.4 is 20.1 Å². The van der Waals surface area contributed by atoms with E-state index in [0.29, 0.717) is 48.0 Å². The van der Waals surface area contributed by atoms with E-state index in [4.69, 9.17) is 14.6 Å². The van der Waals surface area contributed by atoms with Gasteiger partial charge < -0.3 is 25.2 Å². The van der Waals surface area contributed by atoms with E-state index < -0.39 is 0 Å². The van der Waals surface area contributed by atoms with Crippen LogP contribution in [0, 0.1) is 11.3 Å². The monoisotopic (exact) mass is 418 g/mol. The number of hydrogen-bond acceptors (Lipinski definition) is 8. The van der Waals surface area contributed by atoms with Crippen LogP contribution in [0.3, 0.4) is 0 Å². The quantitative estimate of drug-likeness (QED) is 0.306. The lowest BCUT2D eigenvalue weighted by Gasteiger charge is -2.15. The van der Waals surface area contributed by atoms with Crippen molar-refractivity contribution in [3.8, 4) is 17.6 Å². The van der Waals surface area contributed by atoms with Gasteiger partial charge in [0.05, 0.1) is 42.2 Å². The van der Waals surface area contributed by atoms with Crippen LogP contribution in [0.4, 0.5) is 11.4 Å². The summed E-state index contributed by atoms with van der Waals surface area (Å²) in [5, 5.41) is 33.6. The number of ether oxygens (including phenoxy) is 2. The molecule has 9 nitrogen and oxygen atoms in total. The molecule has 9 heteroatoms. The van der Waals surface area contributed by atoms with Crippen molar-refractivity contribution in [2.24, 2.45) is 0 Å². The third kappa shape index (κ3) is 4.35. The van der Waals surface area contributed by atoms with Gasteiger partial charge in [-0.05, 0) is 24.3 Å². The van der Waals surface area contributed by atoms with Crippen LogP contribution in [0.1, 0.15) is 5.56 Å². The summed E-state index contributed by atoms with van der Waals surface area (Å²) in [6.45, 7) is 1.59. The molecule has 0 radical (unpaired) electrons. The summed E-state index contributed by atoms with van der Waals surface area (Å²) in [4.78, 5) is 4.43. The van der Waals surface area contributed by atoms with Crippen molar-refractivity contribution in [3.63, 3.8) is 0 Å². The number of aromatic amines is 1. The SMILES string of the molecule is COc1cc2c(Nc3ccc4cn[nH]c4c3)c(C#N)cnc2cc1OCCNCCO. The number of nitriles is 1. The fourth-order valence-corrected chi connectivity index (χ4v) is 3.29. The number of methoxy groups -OCH3 is 1. The van der Waals surface area contributed by atoms with Gasteiger partial charge in [-0.25, -0.2) is 0 Å². The second-order valence-corrected chi connectivity index (χ2v) is 6.80. The lowest BCUT2D eigenvalue weighted by Crippen LogP contribution is -2.24. The number of rotatable bonds is 9. The smallest absolute Gasteiger partial charge is 0.163 e. The standard InChI is InChI=1S/C22H22N6O3/c1-30-20-9-17-19(10-21(20)31-7-5-24-4-6-29)25-12-15(11-23)22(17)27-16-3-2-14-13-26-28-18(14)8-16/h2-3,8-10,12-13,24,29H,4-7H2,1H3,(H,25,27)(H,26,28). The molecular formula is C22H22N6O3. The van der Waals surface area contributed by atoms with Crippen molar-refractivity contribution in [3.05, 3.63) is 48.3 Å². The summed E-state index contributed by atoms with van der Waals surface area (Å²) in [6.07, 6.45) is 3.30. The minimum Gasteiger partial charge on any atom is -0.493 e. The number of aliphatic hydroxyl groups is 1. The number of aliphatic hydroxyl groups excluding tert-OH is 1. The molecule has 0 amide bonds. The van der Waals surface area contributed by atoms with Crippen molar-refractivity contribution < 1.29 is 14.6 Å². The Labute approximate surface area is 178 Å². The van der Waals surface area contributed by atoms with E-state index in [9.17, 15) is 5.26 Å². The highest BCUT2D eigenvalue weighted by Crippen LogP contribution is 2.37. The van der Waals surface area contributed by atoms with Gasteiger partial charge in [0, 0.05) is 41.8 Å². The summed E-state index contributed by atoms with van der Waals surface area (Å²) < 4.78 is 11.4. The Balaban J connectivity index is 1.69. The zero-order valence-electron chi connectivity index (χ0n) is 17.0. The minimum atomic E-state index is 0.0769. The summed E-state index contributed by atoms with van der Waals surface area (Å²) in [7, 11) is 1.57. The van der Waals surface area contributed by atoms with Gasteiger partial charge >= 0.3 is 0 Å². The van der Waals surface area contributed by atoms with Gasteiger partial charge in [-0.15, -0.1) is 0 Å². The summed E-state index contributed by atoms with van der Waals surface area (Å²) >= 11 is 0. The van der Waals surface area contributed by atoms with Gasteiger partial charge in [-0.1, -0.05) is 0 Å². The van der Waals surface area contributed by atoms with Crippen LogP contribution in [0.2, 0.25) is 0 Å². The highest BCUT2D eigenvalue weighted by Gasteiger charge is 2.15. The number of fused-ring (bicyclic) bond motifs is 2. The predicted molar refractivity (Wildman–Crippen MR) is 118 cm³/mol. The molecule has 0 aliphatic heterocycles. The normalized spacial score (nSPS) is 10.9. The van der Waals surface area contributed by atoms with Gasteiger partial charge in [0.2, 0.25) is 0 Å². The number of aromatic nitrogens is 3. The van der Waals surface area contributed by atoms with Crippen molar-refractivity contribution in [1.82, 2.24) is 20.5 Å². The van der Waals surface area contributed by atoms with Crippen LogP contribution in [-0.4, -0.2) is 53.7 Å². The molecule has 0 aliphatic carbocycles. The predicted octanol–water partition coefficient (Wildman–Crippen LogP) is 2.70. The lowest BCUT2D eigenvalue weighted by molar-refractivity contribution is 0.269. The third-order valence-electron chi connectivity index (χ3n) is 4.81. The number of nitrogens with one attached hydrogen (secondary N) is 3. The molecule has 4 rings (SSSR count). The van der Waals surface area contributed by atoms with Crippen molar-refractivity contribution in [2.45, 2.75) is 0 Å². The Kier molecular flexibility index (Phi) is 6.12. The van der Waals surface area contributed by atoms with Crippen molar-refractivity contribution >= 4 is 33.2 Å². The topological polar surface area (TPSA) is 128 Å². The molecule has 2 aromatic heterocycles. The average Bonchev–Trinajstić information content (AvgIpc) is 3.26. The van der Waals surface area contributed by atoms with Gasteiger partial charge in [-0.2, -0.15) is 10.4 Å². The number of benzene rings is 2. The molecule has 31 heavy (non-hydrogen) atoms. The third-order valence-corrected chi connectivity index (χ3v) is 4.81. The highest BCUT2D eigenvalue weighted by molar-refractivity contribution is 5.98. The van der Waals surface area contributed by atoms with Gasteiger partial charge in [-0.3, -0.25) is 10.1 Å². The molecule has 0 unspecified atom stereocenters. The summed E-state index contributed by atoms with van der Waals surface area (Å²) in [5.41, 5.74) is 3.44. The maximum atomic E-state index is 9.64. The van der Waals surface area contributed by atoms with E-state index in [1.807, 2.05) is 24.3 Å². The molecular weight excluding hydrogens is 396 g/mol. The van der Waals surface area contributed by atoms with E-state index in [2.05, 4.69) is 31.9 Å². The van der Waals surface area contributed by atoms with Gasteiger partial charge in [0.1, 0.15) is 12.7 Å². The molecule has 2 aromatic carbocycles. The Hall–Kier alpha value is -3.87. The van der Waals surface area contributed by atoms with Gasteiger partial charge in [0.25, 0.3) is 0 Å². The Morgan fingerprint density at radius 2 is 2.06 bits per heavy atom. The minimum absolute atomic E-state index is 0.0769. The molecule has 0 aliphatic rings. The summed E-state index contributed by atoms with van der Waals surface area (Å²) in [5.74, 6) is 1.10. The second kappa shape index (κ2) is 9.30. The maximum Gasteiger partial charge on any atom is 0.163 e. The first-order valence-corrected chi connectivity index (χ1v) is 9.79. The van der Waals surface area contributed by atoms with E-state index >= 15 is 0 Å². The molecule has 0 bridgehead atoms. The van der Waals surface area contributed by atoms with Crippen molar-refractivity contribution in [1.29, 1.82) is 5.26 Å². The van der Waals surface area contributed by atoms with Crippen LogP contribution in [0.25, 0.3) is 21.8 Å². The Morgan fingerprint density at radius 3 is 2.87 bits per heavy atom. The first-order valence-electron chi connectivity index (χ1n) is 9.79. The van der Waals surface area contributed by atoms with E-state index in [1.54, 1.807) is 25.6 Å². The fourth-order valence-electron chi connectivity index (χ4n) is 3.29. The molecule has 0 saturated carbocycles. The van der Waals surface area contributed by atoms with Crippen LogP contribution in [-0.2, 0) is 0 Å². The number of hydrogen-bond donors (Lipinski definition) is 4. The first kappa shape index (κ1) is 20.4. The van der Waals surface area contributed by atoms with E-state index in [-0.39, 0.29) is 6.61 Å². The fraction of sp³-hybridized carbons (Fsp3) is 0.227. The van der Waals surface area contributed by atoms with Crippen LogP contribution in [0.15, 0.2) is 42.7 Å². The lowest BCUT2D eigenvalue weighted by atomic mass is 10.1. The molecule has 0 saturated heterocycles. The van der Waals surface area contributed by atoms with Crippen LogP contribution in [0.5, 0.6) is 11.5 Å². The molecule has 0 spiro atoms. The number of anilines is 2. The largest absolute Gasteiger partial charge is 0.493 e. The zero-order valence-corrected chi connectivity index (χ0v) is 17.0. The van der Waals surface area contributed by atoms with Crippen LogP contribution >= 0.6 is 0 Å². The molecule has 4 N–H and O–H groups in total. The van der Waals surface area contributed by atoms with Crippen molar-refractivity contribution in [2.75, 3.05) is 38.7 Å². The Morgan fingerprint density at radius 1 is 1.16 bits per heavy atom. The Bertz CT molecular complexity index is 1250. The second-order valence-electron chi connectivity index (χ2n) is 6.80. The molecule has 4 aromatic rings. The highest BCUT2D eigenvalue weighted by atomic mass is 16.5. The molecule has 0 fully saturated rings. The van der Waals surface area contributed by atoms with E-state index in [0.717, 1.165) is 22.0 Å². The summed E-state index contributed by atoms with van der Waals surface area (Å²) in [6, 6.07) is 11.6. The average molecular weight is 418 g/mol. The van der Waals surface area contributed by atoms with Gasteiger partial charge in [0.15, 0.2) is 11.5 Å². The molecule has 0 atom stereocenters. The molecule has 158 valence electrons. The molecule has 2 heterocycles. The number of H-pyrrole nitrogens is 1. The van der Waals surface area contributed by atoms with E-state index in [1.165, 1.54) is 0 Å². The number of pyridine rings is 1. The maximum absolute atomic E-state index is 9.64. The number of nitrogens with zero attached hydrogens (tertiary/aromatic N) is 3. The first-order chi connectivity index (χ1) is 15.2.